The summed E-state index contributed by atoms with van der Waals surface area (Å²) in [5, 5.41) is 14.0. The quantitative estimate of drug-likeness (QED) is 0.559. The van der Waals surface area contributed by atoms with E-state index in [0.717, 1.165) is 6.20 Å². The monoisotopic (exact) mass is 386 g/mol. The number of carbonyl (C=O) groups is 1. The van der Waals surface area contributed by atoms with Gasteiger partial charge in [-0.15, -0.1) is 0 Å². The highest BCUT2D eigenvalue weighted by Crippen LogP contribution is 2.24. The van der Waals surface area contributed by atoms with E-state index in [0.29, 0.717) is 17.2 Å². The Bertz CT molecular complexity index is 1150. The average Bonchev–Trinajstić information content (AvgIpc) is 3.23. The standard InChI is InChI=1S/C16H12ClFN8O/c1-25-5-3-14(24-25)21-11-6-13(17)23-26-12(8-20-15(11)26)16(27)22-10-2-4-19-7-9(10)18/h2-8H,1H3,(H,21,24)(H,19,22,27). The molecule has 4 rings (SSSR count). The summed E-state index contributed by atoms with van der Waals surface area (Å²) in [5.74, 6) is -0.663. The van der Waals surface area contributed by atoms with Crippen LogP contribution in [0.4, 0.5) is 21.6 Å². The molecule has 9 nitrogen and oxygen atoms in total. The fourth-order valence-electron chi connectivity index (χ4n) is 2.47. The van der Waals surface area contributed by atoms with Crippen LogP contribution in [0.5, 0.6) is 0 Å². The van der Waals surface area contributed by atoms with Gasteiger partial charge in [-0.1, -0.05) is 11.6 Å². The smallest absolute Gasteiger partial charge is 0.276 e. The molecule has 0 aromatic carbocycles. The van der Waals surface area contributed by atoms with Gasteiger partial charge in [0.05, 0.1) is 23.8 Å². The lowest BCUT2D eigenvalue weighted by atomic mass is 10.3. The Morgan fingerprint density at radius 2 is 2.07 bits per heavy atom. The molecule has 2 N–H and O–H groups in total. The Labute approximate surface area is 156 Å². The van der Waals surface area contributed by atoms with Crippen molar-refractivity contribution in [2.75, 3.05) is 10.6 Å². The molecule has 27 heavy (non-hydrogen) atoms. The zero-order valence-electron chi connectivity index (χ0n) is 13.9. The van der Waals surface area contributed by atoms with Crippen LogP contribution in [-0.2, 0) is 7.05 Å². The van der Waals surface area contributed by atoms with Gasteiger partial charge in [0.15, 0.2) is 28.1 Å². The maximum Gasteiger partial charge on any atom is 0.276 e. The lowest BCUT2D eigenvalue weighted by Crippen LogP contribution is -2.16. The van der Waals surface area contributed by atoms with Crippen LogP contribution >= 0.6 is 11.6 Å². The summed E-state index contributed by atoms with van der Waals surface area (Å²) in [6.07, 6.45) is 5.48. The number of rotatable bonds is 4. The summed E-state index contributed by atoms with van der Waals surface area (Å²) in [5.41, 5.74) is 0.972. The van der Waals surface area contributed by atoms with Crippen LogP contribution < -0.4 is 10.6 Å². The molecule has 4 heterocycles. The van der Waals surface area contributed by atoms with Crippen LogP contribution in [0.15, 0.2) is 43.0 Å². The van der Waals surface area contributed by atoms with E-state index in [1.807, 2.05) is 0 Å². The molecule has 1 amide bonds. The highest BCUT2D eigenvalue weighted by molar-refractivity contribution is 6.29. The van der Waals surface area contributed by atoms with Crippen molar-refractivity contribution in [1.29, 1.82) is 0 Å². The summed E-state index contributed by atoms with van der Waals surface area (Å²) in [6, 6.07) is 4.70. The molecule has 0 aliphatic rings. The van der Waals surface area contributed by atoms with Gasteiger partial charge in [-0.05, 0) is 6.07 Å². The van der Waals surface area contributed by atoms with E-state index in [-0.39, 0.29) is 16.5 Å². The van der Waals surface area contributed by atoms with Gasteiger partial charge in [0.25, 0.3) is 5.91 Å². The number of hydrogen-bond acceptors (Lipinski definition) is 6. The predicted molar refractivity (Wildman–Crippen MR) is 96.6 cm³/mol. The number of nitrogens with one attached hydrogen (secondary N) is 2. The topological polar surface area (TPSA) is 102 Å². The van der Waals surface area contributed by atoms with E-state index in [4.69, 9.17) is 11.6 Å². The molecule has 0 saturated heterocycles. The van der Waals surface area contributed by atoms with Crippen LogP contribution in [0.3, 0.4) is 0 Å². The predicted octanol–water partition coefficient (Wildman–Crippen LogP) is 2.65. The van der Waals surface area contributed by atoms with E-state index in [1.165, 1.54) is 23.0 Å². The highest BCUT2D eigenvalue weighted by atomic mass is 35.5. The van der Waals surface area contributed by atoms with Crippen molar-refractivity contribution < 1.29 is 9.18 Å². The normalized spacial score (nSPS) is 10.9. The zero-order valence-corrected chi connectivity index (χ0v) is 14.6. The van der Waals surface area contributed by atoms with E-state index in [9.17, 15) is 9.18 Å². The molecule has 0 aliphatic carbocycles. The molecular weight excluding hydrogens is 375 g/mol. The SMILES string of the molecule is Cn1ccc(Nc2cc(Cl)nn3c(C(=O)Nc4ccncc4F)cnc23)n1. The second kappa shape index (κ2) is 6.65. The van der Waals surface area contributed by atoms with Gasteiger partial charge in [-0.2, -0.15) is 10.2 Å². The van der Waals surface area contributed by atoms with Crippen LogP contribution in [0.1, 0.15) is 10.5 Å². The van der Waals surface area contributed by atoms with Gasteiger partial charge in [-0.25, -0.2) is 13.9 Å². The van der Waals surface area contributed by atoms with Gasteiger partial charge in [0, 0.05) is 31.6 Å². The molecule has 136 valence electrons. The van der Waals surface area contributed by atoms with Crippen LogP contribution in [-0.4, -0.2) is 35.3 Å². The lowest BCUT2D eigenvalue weighted by molar-refractivity contribution is 0.102. The number of pyridine rings is 1. The minimum atomic E-state index is -0.650. The van der Waals surface area contributed by atoms with E-state index >= 15 is 0 Å². The van der Waals surface area contributed by atoms with Gasteiger partial charge < -0.3 is 10.6 Å². The van der Waals surface area contributed by atoms with E-state index in [2.05, 4.69) is 30.8 Å². The Kier molecular flexibility index (Phi) is 4.16. The average molecular weight is 387 g/mol. The molecule has 0 atom stereocenters. The minimum absolute atomic E-state index is 0.00110. The van der Waals surface area contributed by atoms with Crippen molar-refractivity contribution in [1.82, 2.24) is 29.4 Å². The molecular formula is C16H12ClFN8O. The van der Waals surface area contributed by atoms with Gasteiger partial charge in [0.1, 0.15) is 0 Å². The molecule has 0 bridgehead atoms. The van der Waals surface area contributed by atoms with Crippen LogP contribution in [0.25, 0.3) is 5.65 Å². The third kappa shape index (κ3) is 3.29. The number of aromatic nitrogens is 6. The molecule has 0 spiro atoms. The van der Waals surface area contributed by atoms with Gasteiger partial charge >= 0.3 is 0 Å². The summed E-state index contributed by atoms with van der Waals surface area (Å²) < 4.78 is 16.6. The van der Waals surface area contributed by atoms with Crippen molar-refractivity contribution in [2.45, 2.75) is 0 Å². The van der Waals surface area contributed by atoms with Crippen molar-refractivity contribution in [3.63, 3.8) is 0 Å². The van der Waals surface area contributed by atoms with Gasteiger partial charge in [0.2, 0.25) is 0 Å². The fourth-order valence-corrected chi connectivity index (χ4v) is 2.65. The molecule has 0 fully saturated rings. The maximum absolute atomic E-state index is 13.7. The molecule has 0 saturated carbocycles. The van der Waals surface area contributed by atoms with E-state index < -0.39 is 11.7 Å². The van der Waals surface area contributed by atoms with Crippen molar-refractivity contribution in [3.8, 4) is 0 Å². The summed E-state index contributed by atoms with van der Waals surface area (Å²) in [7, 11) is 1.79. The number of aryl methyl sites for hydroxylation is 1. The fraction of sp³-hybridized carbons (Fsp3) is 0.0625. The second-order valence-corrected chi connectivity index (χ2v) is 5.96. The number of imidazole rings is 1. The molecule has 4 aromatic rings. The summed E-state index contributed by atoms with van der Waals surface area (Å²) in [4.78, 5) is 20.4. The maximum atomic E-state index is 13.7. The van der Waals surface area contributed by atoms with Crippen molar-refractivity contribution in [2.24, 2.45) is 7.05 Å². The first-order valence-electron chi connectivity index (χ1n) is 7.73. The Morgan fingerprint density at radius 3 is 2.81 bits per heavy atom. The second-order valence-electron chi connectivity index (χ2n) is 5.57. The number of anilines is 3. The number of fused-ring (bicyclic) bond motifs is 1. The van der Waals surface area contributed by atoms with Crippen molar-refractivity contribution in [3.05, 3.63) is 59.7 Å². The van der Waals surface area contributed by atoms with Gasteiger partial charge in [-0.3, -0.25) is 14.5 Å². The first kappa shape index (κ1) is 16.9. The van der Waals surface area contributed by atoms with Crippen molar-refractivity contribution >= 4 is 40.3 Å². The number of halogens is 2. The Balaban J connectivity index is 1.70. The summed E-state index contributed by atoms with van der Waals surface area (Å²) in [6.45, 7) is 0. The Morgan fingerprint density at radius 1 is 1.22 bits per heavy atom. The number of carbonyl (C=O) groups excluding carboxylic acids is 1. The molecule has 0 unspecified atom stereocenters. The van der Waals surface area contributed by atoms with Crippen LogP contribution in [0.2, 0.25) is 5.15 Å². The first-order chi connectivity index (χ1) is 13.0. The largest absolute Gasteiger partial charge is 0.336 e. The Hall–Kier alpha value is -3.53. The zero-order chi connectivity index (χ0) is 19.0. The number of amides is 1. The third-order valence-corrected chi connectivity index (χ3v) is 3.85. The number of nitrogens with zero attached hydrogens (tertiary/aromatic N) is 6. The highest BCUT2D eigenvalue weighted by Gasteiger charge is 2.18. The first-order valence-corrected chi connectivity index (χ1v) is 8.11. The minimum Gasteiger partial charge on any atom is -0.336 e. The third-order valence-electron chi connectivity index (χ3n) is 3.67. The number of hydrogen-bond donors (Lipinski definition) is 2. The molecule has 0 radical (unpaired) electrons. The van der Waals surface area contributed by atoms with E-state index in [1.54, 1.807) is 30.1 Å². The van der Waals surface area contributed by atoms with Crippen LogP contribution in [0, 0.1) is 5.82 Å². The molecule has 4 aromatic heterocycles. The molecule has 0 aliphatic heterocycles. The summed E-state index contributed by atoms with van der Waals surface area (Å²) >= 11 is 6.09. The lowest BCUT2D eigenvalue weighted by Gasteiger charge is -2.08. The molecule has 11 heteroatoms.